The summed E-state index contributed by atoms with van der Waals surface area (Å²) in [7, 11) is 1.61. The SMILES string of the molecule is CN=C(NCCNC(=O)c1ccco1)NCCc1ccc(C(F)(F)F)cc1.I. The molecule has 1 heterocycles. The molecule has 0 aliphatic heterocycles. The van der Waals surface area contributed by atoms with Crippen molar-refractivity contribution in [2.24, 2.45) is 4.99 Å². The molecule has 1 amide bonds. The molecular weight excluding hydrogens is 488 g/mol. The fourth-order valence-electron chi connectivity index (χ4n) is 2.26. The number of halogens is 4. The fraction of sp³-hybridized carbons (Fsp3) is 0.333. The van der Waals surface area contributed by atoms with Crippen LogP contribution in [-0.2, 0) is 12.6 Å². The molecule has 154 valence electrons. The zero-order chi connectivity index (χ0) is 19.7. The van der Waals surface area contributed by atoms with Crippen LogP contribution in [0.15, 0.2) is 52.1 Å². The minimum Gasteiger partial charge on any atom is -0.459 e. The van der Waals surface area contributed by atoms with Gasteiger partial charge in [0.1, 0.15) is 0 Å². The predicted molar refractivity (Wildman–Crippen MR) is 111 cm³/mol. The highest BCUT2D eigenvalue weighted by atomic mass is 127. The van der Waals surface area contributed by atoms with E-state index in [9.17, 15) is 18.0 Å². The van der Waals surface area contributed by atoms with Crippen LogP contribution in [0, 0.1) is 0 Å². The van der Waals surface area contributed by atoms with Gasteiger partial charge in [-0.25, -0.2) is 0 Å². The first-order chi connectivity index (χ1) is 12.9. The summed E-state index contributed by atoms with van der Waals surface area (Å²) >= 11 is 0. The summed E-state index contributed by atoms with van der Waals surface area (Å²) in [5.74, 6) is 0.482. The van der Waals surface area contributed by atoms with Gasteiger partial charge < -0.3 is 20.4 Å². The Labute approximate surface area is 178 Å². The second-order valence-corrected chi connectivity index (χ2v) is 5.60. The van der Waals surface area contributed by atoms with E-state index in [-0.39, 0.29) is 35.6 Å². The largest absolute Gasteiger partial charge is 0.459 e. The number of hydrogen-bond acceptors (Lipinski definition) is 3. The minimum absolute atomic E-state index is 0. The van der Waals surface area contributed by atoms with E-state index in [1.165, 1.54) is 18.4 Å². The molecule has 1 aromatic heterocycles. The van der Waals surface area contributed by atoms with Gasteiger partial charge in [-0.3, -0.25) is 9.79 Å². The molecule has 0 spiro atoms. The van der Waals surface area contributed by atoms with Crippen LogP contribution in [0.25, 0.3) is 0 Å². The highest BCUT2D eigenvalue weighted by molar-refractivity contribution is 14.0. The third-order valence-electron chi connectivity index (χ3n) is 3.66. The van der Waals surface area contributed by atoms with Gasteiger partial charge >= 0.3 is 6.18 Å². The van der Waals surface area contributed by atoms with Gasteiger partial charge in [-0.2, -0.15) is 13.2 Å². The van der Waals surface area contributed by atoms with Gasteiger partial charge in [0.05, 0.1) is 11.8 Å². The van der Waals surface area contributed by atoms with Crippen molar-refractivity contribution >= 4 is 35.8 Å². The Kier molecular flexibility index (Phi) is 9.83. The average Bonchev–Trinajstić information content (AvgIpc) is 3.18. The lowest BCUT2D eigenvalue weighted by molar-refractivity contribution is -0.137. The normalized spacial score (nSPS) is 11.5. The van der Waals surface area contributed by atoms with E-state index in [0.29, 0.717) is 32.0 Å². The van der Waals surface area contributed by atoms with E-state index in [4.69, 9.17) is 4.42 Å². The molecule has 6 nitrogen and oxygen atoms in total. The summed E-state index contributed by atoms with van der Waals surface area (Å²) in [5.41, 5.74) is 0.130. The summed E-state index contributed by atoms with van der Waals surface area (Å²) in [6, 6.07) is 8.28. The van der Waals surface area contributed by atoms with Crippen molar-refractivity contribution in [3.63, 3.8) is 0 Å². The van der Waals surface area contributed by atoms with E-state index in [0.717, 1.165) is 17.7 Å². The van der Waals surface area contributed by atoms with E-state index in [1.54, 1.807) is 19.2 Å². The standard InChI is InChI=1S/C18H21F3N4O2.HI/c1-22-17(25-11-10-23-16(26)15-3-2-12-27-15)24-9-8-13-4-6-14(7-5-13)18(19,20)21;/h2-7,12H,8-11H2,1H3,(H,23,26)(H2,22,24,25);1H. The summed E-state index contributed by atoms with van der Waals surface area (Å²) in [4.78, 5) is 15.7. The van der Waals surface area contributed by atoms with Crippen LogP contribution in [0.3, 0.4) is 0 Å². The molecular formula is C18H22F3IN4O2. The molecule has 0 radical (unpaired) electrons. The minimum atomic E-state index is -4.32. The van der Waals surface area contributed by atoms with Crippen molar-refractivity contribution in [2.75, 3.05) is 26.7 Å². The van der Waals surface area contributed by atoms with Crippen molar-refractivity contribution in [2.45, 2.75) is 12.6 Å². The van der Waals surface area contributed by atoms with Gasteiger partial charge in [0, 0.05) is 26.7 Å². The molecule has 0 bridgehead atoms. The number of benzene rings is 1. The molecule has 0 aliphatic rings. The number of hydrogen-bond donors (Lipinski definition) is 3. The quantitative estimate of drug-likeness (QED) is 0.232. The van der Waals surface area contributed by atoms with Crippen LogP contribution >= 0.6 is 24.0 Å². The number of carbonyl (C=O) groups excluding carboxylic acids is 1. The van der Waals surface area contributed by atoms with Crippen LogP contribution in [0.1, 0.15) is 21.7 Å². The number of rotatable bonds is 7. The maximum atomic E-state index is 12.5. The average molecular weight is 510 g/mol. The van der Waals surface area contributed by atoms with Gasteiger partial charge in [-0.05, 0) is 36.2 Å². The van der Waals surface area contributed by atoms with Gasteiger partial charge in [0.2, 0.25) is 0 Å². The van der Waals surface area contributed by atoms with Crippen LogP contribution in [0.5, 0.6) is 0 Å². The van der Waals surface area contributed by atoms with E-state index in [2.05, 4.69) is 20.9 Å². The number of carbonyl (C=O) groups is 1. The van der Waals surface area contributed by atoms with Crippen LogP contribution in [0.2, 0.25) is 0 Å². The Morgan fingerprint density at radius 1 is 1.04 bits per heavy atom. The molecule has 0 fully saturated rings. The van der Waals surface area contributed by atoms with E-state index in [1.807, 2.05) is 0 Å². The van der Waals surface area contributed by atoms with E-state index >= 15 is 0 Å². The first-order valence-corrected chi connectivity index (χ1v) is 8.32. The first kappa shape index (κ1) is 23.8. The summed E-state index contributed by atoms with van der Waals surface area (Å²) in [6.07, 6.45) is -2.35. The molecule has 0 saturated heterocycles. The Morgan fingerprint density at radius 2 is 1.68 bits per heavy atom. The number of alkyl halides is 3. The van der Waals surface area contributed by atoms with Crippen molar-refractivity contribution in [1.29, 1.82) is 0 Å². The molecule has 10 heteroatoms. The molecule has 0 atom stereocenters. The number of furan rings is 1. The van der Waals surface area contributed by atoms with Crippen molar-refractivity contribution in [3.8, 4) is 0 Å². The second kappa shape index (κ2) is 11.6. The van der Waals surface area contributed by atoms with Crippen molar-refractivity contribution in [1.82, 2.24) is 16.0 Å². The Hall–Kier alpha value is -2.24. The lowest BCUT2D eigenvalue weighted by atomic mass is 10.1. The smallest absolute Gasteiger partial charge is 0.416 e. The third-order valence-corrected chi connectivity index (χ3v) is 3.66. The number of aliphatic imine (C=N–C) groups is 1. The zero-order valence-electron chi connectivity index (χ0n) is 15.2. The van der Waals surface area contributed by atoms with Crippen LogP contribution in [-0.4, -0.2) is 38.5 Å². The number of nitrogens with zero attached hydrogens (tertiary/aromatic N) is 1. The number of nitrogens with one attached hydrogen (secondary N) is 3. The maximum absolute atomic E-state index is 12.5. The predicted octanol–water partition coefficient (Wildman–Crippen LogP) is 3.05. The van der Waals surface area contributed by atoms with Gasteiger partial charge in [0.15, 0.2) is 11.7 Å². The maximum Gasteiger partial charge on any atom is 0.416 e. The monoisotopic (exact) mass is 510 g/mol. The highest BCUT2D eigenvalue weighted by Gasteiger charge is 2.29. The van der Waals surface area contributed by atoms with E-state index < -0.39 is 11.7 Å². The molecule has 3 N–H and O–H groups in total. The van der Waals surface area contributed by atoms with Gasteiger partial charge in [-0.15, -0.1) is 24.0 Å². The number of amides is 1. The van der Waals surface area contributed by atoms with Crippen LogP contribution in [0.4, 0.5) is 13.2 Å². The molecule has 2 rings (SSSR count). The molecule has 1 aromatic carbocycles. The molecule has 0 saturated carbocycles. The third kappa shape index (κ3) is 7.79. The van der Waals surface area contributed by atoms with Crippen LogP contribution < -0.4 is 16.0 Å². The van der Waals surface area contributed by atoms with Crippen molar-refractivity contribution in [3.05, 3.63) is 59.5 Å². The Morgan fingerprint density at radius 3 is 2.25 bits per heavy atom. The van der Waals surface area contributed by atoms with Gasteiger partial charge in [-0.1, -0.05) is 12.1 Å². The number of guanidine groups is 1. The molecule has 28 heavy (non-hydrogen) atoms. The fourth-order valence-corrected chi connectivity index (χ4v) is 2.26. The Balaban J connectivity index is 0.00000392. The second-order valence-electron chi connectivity index (χ2n) is 5.60. The molecule has 0 unspecified atom stereocenters. The molecule has 2 aromatic rings. The Bertz CT molecular complexity index is 747. The lowest BCUT2D eigenvalue weighted by Crippen LogP contribution is -2.42. The summed E-state index contributed by atoms with van der Waals surface area (Å²) < 4.78 is 42.6. The van der Waals surface area contributed by atoms with Crippen molar-refractivity contribution < 1.29 is 22.4 Å². The topological polar surface area (TPSA) is 78.7 Å². The lowest BCUT2D eigenvalue weighted by Gasteiger charge is -2.12. The molecule has 0 aliphatic carbocycles. The summed E-state index contributed by atoms with van der Waals surface area (Å²) in [6.45, 7) is 1.33. The summed E-state index contributed by atoms with van der Waals surface area (Å²) in [5, 5.41) is 8.79. The zero-order valence-corrected chi connectivity index (χ0v) is 17.5. The first-order valence-electron chi connectivity index (χ1n) is 8.32. The van der Waals surface area contributed by atoms with Gasteiger partial charge in [0.25, 0.3) is 5.91 Å². The highest BCUT2D eigenvalue weighted by Crippen LogP contribution is 2.29.